The molecule has 0 fully saturated rings. The maximum atomic E-state index is 11.2. The lowest BCUT2D eigenvalue weighted by Crippen LogP contribution is -2.37. The monoisotopic (exact) mass is 258 g/mol. The Hall–Kier alpha value is -0.153. The summed E-state index contributed by atoms with van der Waals surface area (Å²) in [5, 5.41) is 0. The fourth-order valence-electron chi connectivity index (χ4n) is 2.21. The topological polar surface area (TPSA) is 26.3 Å². The van der Waals surface area contributed by atoms with Crippen molar-refractivity contribution in [3.63, 3.8) is 0 Å². The van der Waals surface area contributed by atoms with Gasteiger partial charge in [-0.1, -0.05) is 34.6 Å². The maximum absolute atomic E-state index is 11.2. The Morgan fingerprint density at radius 1 is 1.12 bits per heavy atom. The summed E-state index contributed by atoms with van der Waals surface area (Å²) < 4.78 is 6.25. The molecule has 0 saturated carbocycles. The molecule has 0 amide bonds. The van der Waals surface area contributed by atoms with E-state index in [-0.39, 0.29) is 5.92 Å². The van der Waals surface area contributed by atoms with Crippen molar-refractivity contribution in [1.29, 1.82) is 0 Å². The Morgan fingerprint density at radius 3 is 1.94 bits per heavy atom. The Bertz CT molecular complexity index is 216. The van der Waals surface area contributed by atoms with Crippen LogP contribution in [0.5, 0.6) is 0 Å². The molecule has 102 valence electrons. The average molecular weight is 258 g/mol. The number of Topliss-reactive ketones (excluding diaryl/α,β-unsaturated/α-hetero) is 1. The van der Waals surface area contributed by atoms with Gasteiger partial charge < -0.3 is 4.43 Å². The standard InChI is InChI=1S/C14H30O2Si/c1-7-17(8-2,9-3)16-11-12(4)10-13(5)14(6)15/h12-13H,7-11H2,1-6H3. The summed E-state index contributed by atoms with van der Waals surface area (Å²) in [7, 11) is -1.44. The molecule has 0 aliphatic rings. The first-order chi connectivity index (χ1) is 7.90. The molecule has 2 nitrogen and oxygen atoms in total. The van der Waals surface area contributed by atoms with Gasteiger partial charge in [-0.05, 0) is 37.4 Å². The zero-order chi connectivity index (χ0) is 13.5. The van der Waals surface area contributed by atoms with Crippen molar-refractivity contribution in [2.24, 2.45) is 11.8 Å². The molecule has 0 rings (SSSR count). The van der Waals surface area contributed by atoms with E-state index in [1.807, 2.05) is 6.92 Å². The number of hydrogen-bond acceptors (Lipinski definition) is 2. The summed E-state index contributed by atoms with van der Waals surface area (Å²) in [5.41, 5.74) is 0. The zero-order valence-corrected chi connectivity index (χ0v) is 13.5. The fourth-order valence-corrected chi connectivity index (χ4v) is 4.96. The molecule has 0 aliphatic heterocycles. The highest BCUT2D eigenvalue weighted by Crippen LogP contribution is 2.23. The largest absolute Gasteiger partial charge is 0.417 e. The van der Waals surface area contributed by atoms with Gasteiger partial charge in [0.15, 0.2) is 8.32 Å². The van der Waals surface area contributed by atoms with Gasteiger partial charge in [0, 0.05) is 12.5 Å². The van der Waals surface area contributed by atoms with E-state index in [1.165, 1.54) is 18.1 Å². The van der Waals surface area contributed by atoms with E-state index in [0.717, 1.165) is 13.0 Å². The van der Waals surface area contributed by atoms with Gasteiger partial charge in [-0.3, -0.25) is 4.79 Å². The highest BCUT2D eigenvalue weighted by molar-refractivity contribution is 6.73. The molecule has 3 heteroatoms. The third-order valence-electron chi connectivity index (χ3n) is 4.06. The first kappa shape index (κ1) is 16.8. The first-order valence-electron chi connectivity index (χ1n) is 7.05. The lowest BCUT2D eigenvalue weighted by Gasteiger charge is -2.30. The number of carbonyl (C=O) groups is 1. The molecule has 2 unspecified atom stereocenters. The van der Waals surface area contributed by atoms with Crippen LogP contribution in [0.1, 0.15) is 48.0 Å². The van der Waals surface area contributed by atoms with Crippen LogP contribution < -0.4 is 0 Å². The van der Waals surface area contributed by atoms with Crippen LogP contribution in [-0.2, 0) is 9.22 Å². The normalized spacial score (nSPS) is 15.6. The van der Waals surface area contributed by atoms with Crippen molar-refractivity contribution in [3.05, 3.63) is 0 Å². The molecular formula is C14H30O2Si. The quantitative estimate of drug-likeness (QED) is 0.578. The van der Waals surface area contributed by atoms with Crippen molar-refractivity contribution in [1.82, 2.24) is 0 Å². The van der Waals surface area contributed by atoms with Crippen molar-refractivity contribution < 1.29 is 9.22 Å². The van der Waals surface area contributed by atoms with Gasteiger partial charge >= 0.3 is 0 Å². The Kier molecular flexibility index (Phi) is 7.97. The molecule has 2 atom stereocenters. The predicted octanol–water partition coefficient (Wildman–Crippen LogP) is 4.26. The van der Waals surface area contributed by atoms with E-state index in [9.17, 15) is 4.79 Å². The molecule has 0 N–H and O–H groups in total. The summed E-state index contributed by atoms with van der Waals surface area (Å²) >= 11 is 0. The van der Waals surface area contributed by atoms with E-state index in [4.69, 9.17) is 4.43 Å². The van der Waals surface area contributed by atoms with E-state index in [1.54, 1.807) is 6.92 Å². The molecule has 0 aromatic carbocycles. The van der Waals surface area contributed by atoms with Gasteiger partial charge in [0.25, 0.3) is 0 Å². The SMILES string of the molecule is CC[Si](CC)(CC)OCC(C)CC(C)C(C)=O. The molecule has 0 saturated heterocycles. The maximum Gasteiger partial charge on any atom is 0.191 e. The van der Waals surface area contributed by atoms with Gasteiger partial charge in [0.2, 0.25) is 0 Å². The van der Waals surface area contributed by atoms with Gasteiger partial charge in [-0.2, -0.15) is 0 Å². The number of ketones is 1. The molecule has 17 heavy (non-hydrogen) atoms. The van der Waals surface area contributed by atoms with Crippen LogP contribution in [0.2, 0.25) is 18.1 Å². The molecule has 0 aliphatic carbocycles. The first-order valence-corrected chi connectivity index (χ1v) is 9.58. The number of rotatable bonds is 9. The van der Waals surface area contributed by atoms with Crippen molar-refractivity contribution >= 4 is 14.1 Å². The van der Waals surface area contributed by atoms with Gasteiger partial charge in [-0.25, -0.2) is 0 Å². The van der Waals surface area contributed by atoms with Crippen molar-refractivity contribution in [3.8, 4) is 0 Å². The molecule has 0 aromatic rings. The van der Waals surface area contributed by atoms with Gasteiger partial charge in [0.05, 0.1) is 0 Å². The Labute approximate surface area is 108 Å². The summed E-state index contributed by atoms with van der Waals surface area (Å²) in [5.74, 6) is 0.960. The molecule has 0 radical (unpaired) electrons. The lowest BCUT2D eigenvalue weighted by atomic mass is 9.95. The number of hydrogen-bond donors (Lipinski definition) is 0. The van der Waals surface area contributed by atoms with E-state index >= 15 is 0 Å². The van der Waals surface area contributed by atoms with E-state index in [0.29, 0.717) is 11.7 Å². The Morgan fingerprint density at radius 2 is 1.59 bits per heavy atom. The van der Waals surface area contributed by atoms with Crippen molar-refractivity contribution in [2.45, 2.75) is 66.1 Å². The predicted molar refractivity (Wildman–Crippen MR) is 76.8 cm³/mol. The Balaban J connectivity index is 4.13. The van der Waals surface area contributed by atoms with Crippen LogP contribution in [-0.4, -0.2) is 20.7 Å². The van der Waals surface area contributed by atoms with E-state index < -0.39 is 8.32 Å². The third-order valence-corrected chi connectivity index (χ3v) is 8.70. The second-order valence-electron chi connectivity index (χ2n) is 5.41. The minimum atomic E-state index is -1.44. The summed E-state index contributed by atoms with van der Waals surface area (Å²) in [6, 6.07) is 3.61. The van der Waals surface area contributed by atoms with Gasteiger partial charge in [0.1, 0.15) is 5.78 Å². The minimum absolute atomic E-state index is 0.176. The van der Waals surface area contributed by atoms with Crippen LogP contribution in [0.15, 0.2) is 0 Å². The fraction of sp³-hybridized carbons (Fsp3) is 0.929. The van der Waals surface area contributed by atoms with Crippen LogP contribution in [0.25, 0.3) is 0 Å². The second-order valence-corrected chi connectivity index (χ2v) is 10.2. The summed E-state index contributed by atoms with van der Waals surface area (Å²) in [6.07, 6.45) is 0.955. The van der Waals surface area contributed by atoms with Crippen LogP contribution in [0.3, 0.4) is 0 Å². The summed E-state index contributed by atoms with van der Waals surface area (Å²) in [4.78, 5) is 11.2. The van der Waals surface area contributed by atoms with Crippen LogP contribution >= 0.6 is 0 Å². The van der Waals surface area contributed by atoms with Crippen molar-refractivity contribution in [2.75, 3.05) is 6.61 Å². The second kappa shape index (κ2) is 8.04. The molecular weight excluding hydrogens is 228 g/mol. The van der Waals surface area contributed by atoms with Gasteiger partial charge in [-0.15, -0.1) is 0 Å². The zero-order valence-electron chi connectivity index (χ0n) is 12.5. The average Bonchev–Trinajstić information content (AvgIpc) is 2.31. The minimum Gasteiger partial charge on any atom is -0.417 e. The number of carbonyl (C=O) groups excluding carboxylic acids is 1. The molecule has 0 bridgehead atoms. The highest BCUT2D eigenvalue weighted by Gasteiger charge is 2.29. The smallest absolute Gasteiger partial charge is 0.191 e. The molecule has 0 spiro atoms. The third kappa shape index (κ3) is 5.82. The molecule has 0 heterocycles. The highest BCUT2D eigenvalue weighted by atomic mass is 28.4. The summed E-state index contributed by atoms with van der Waals surface area (Å²) in [6.45, 7) is 13.5. The van der Waals surface area contributed by atoms with Crippen LogP contribution in [0.4, 0.5) is 0 Å². The van der Waals surface area contributed by atoms with Crippen LogP contribution in [0, 0.1) is 11.8 Å². The van der Waals surface area contributed by atoms with E-state index in [2.05, 4.69) is 27.7 Å². The molecule has 0 aromatic heterocycles. The lowest BCUT2D eigenvalue weighted by molar-refractivity contribution is -0.120.